The van der Waals surface area contributed by atoms with Gasteiger partial charge in [0.2, 0.25) is 0 Å². The molecule has 0 aromatic heterocycles. The average molecular weight is 296 g/mol. The minimum absolute atomic E-state index is 0.00332. The van der Waals surface area contributed by atoms with E-state index < -0.39 is 0 Å². The molecule has 2 aromatic rings. The van der Waals surface area contributed by atoms with Crippen LogP contribution in [0, 0.1) is 11.3 Å². The summed E-state index contributed by atoms with van der Waals surface area (Å²) in [4.78, 5) is 1.01. The molecule has 0 saturated carbocycles. The summed E-state index contributed by atoms with van der Waals surface area (Å²) < 4.78 is 0. The molecule has 1 N–H and O–H groups in total. The first-order valence-corrected chi connectivity index (χ1v) is 8.17. The molecule has 0 unspecified atom stereocenters. The van der Waals surface area contributed by atoms with E-state index in [1.807, 2.05) is 30.5 Å². The van der Waals surface area contributed by atoms with E-state index in [9.17, 15) is 5.26 Å². The number of nitriles is 1. The van der Waals surface area contributed by atoms with E-state index in [1.54, 1.807) is 11.8 Å². The van der Waals surface area contributed by atoms with Gasteiger partial charge in [0.05, 0.1) is 11.3 Å². The second kappa shape index (κ2) is 6.69. The molecule has 0 aliphatic heterocycles. The third-order valence-corrected chi connectivity index (χ3v) is 4.41. The van der Waals surface area contributed by atoms with Crippen molar-refractivity contribution < 1.29 is 0 Å². The first-order valence-electron chi connectivity index (χ1n) is 6.95. The molecule has 0 fully saturated rings. The summed E-state index contributed by atoms with van der Waals surface area (Å²) in [5.41, 5.74) is 2.93. The SMILES string of the molecule is CSc1cccc(NCC(C)(C)c2ccccc2)c1C#N. The lowest BCUT2D eigenvalue weighted by atomic mass is 9.84. The summed E-state index contributed by atoms with van der Waals surface area (Å²) in [6.07, 6.45) is 1.99. The van der Waals surface area contributed by atoms with Crippen molar-refractivity contribution in [2.24, 2.45) is 0 Å². The van der Waals surface area contributed by atoms with Crippen molar-refractivity contribution in [1.82, 2.24) is 0 Å². The predicted octanol–water partition coefficient (Wildman–Crippen LogP) is 4.67. The molecule has 2 rings (SSSR count). The van der Waals surface area contributed by atoms with Gasteiger partial charge in [-0.1, -0.05) is 50.2 Å². The monoisotopic (exact) mass is 296 g/mol. The molecule has 0 aliphatic carbocycles. The van der Waals surface area contributed by atoms with Crippen molar-refractivity contribution in [3.8, 4) is 6.07 Å². The lowest BCUT2D eigenvalue weighted by Crippen LogP contribution is -2.27. The van der Waals surface area contributed by atoms with Crippen molar-refractivity contribution in [1.29, 1.82) is 5.26 Å². The van der Waals surface area contributed by atoms with E-state index in [0.29, 0.717) is 0 Å². The Balaban J connectivity index is 2.19. The van der Waals surface area contributed by atoms with Crippen LogP contribution in [0.1, 0.15) is 25.0 Å². The third-order valence-electron chi connectivity index (χ3n) is 3.63. The van der Waals surface area contributed by atoms with Gasteiger partial charge in [0, 0.05) is 16.9 Å². The third kappa shape index (κ3) is 3.59. The first kappa shape index (κ1) is 15.5. The maximum atomic E-state index is 9.37. The van der Waals surface area contributed by atoms with Crippen molar-refractivity contribution >= 4 is 17.4 Å². The Morgan fingerprint density at radius 3 is 2.43 bits per heavy atom. The highest BCUT2D eigenvalue weighted by Crippen LogP contribution is 2.28. The van der Waals surface area contributed by atoms with Gasteiger partial charge in [-0.3, -0.25) is 0 Å². The zero-order valence-corrected chi connectivity index (χ0v) is 13.5. The van der Waals surface area contributed by atoms with Crippen LogP contribution in [-0.4, -0.2) is 12.8 Å². The van der Waals surface area contributed by atoms with E-state index in [2.05, 4.69) is 49.5 Å². The molecule has 0 spiro atoms. The minimum Gasteiger partial charge on any atom is -0.383 e. The number of thioether (sulfide) groups is 1. The van der Waals surface area contributed by atoms with E-state index in [-0.39, 0.29) is 5.41 Å². The standard InChI is InChI=1S/C18H20N2S/c1-18(2,14-8-5-4-6-9-14)13-20-16-10-7-11-17(21-3)15(16)12-19/h4-11,20H,13H2,1-3H3. The molecule has 108 valence electrons. The Bertz CT molecular complexity index is 642. The van der Waals surface area contributed by atoms with Gasteiger partial charge >= 0.3 is 0 Å². The smallest absolute Gasteiger partial charge is 0.102 e. The molecule has 0 radical (unpaired) electrons. The van der Waals surface area contributed by atoms with Gasteiger partial charge in [0.1, 0.15) is 6.07 Å². The summed E-state index contributed by atoms with van der Waals surface area (Å²) in [6, 6.07) is 18.7. The highest BCUT2D eigenvalue weighted by molar-refractivity contribution is 7.98. The number of rotatable bonds is 5. The molecule has 2 nitrogen and oxygen atoms in total. The van der Waals surface area contributed by atoms with Gasteiger partial charge in [-0.15, -0.1) is 11.8 Å². The molecule has 3 heteroatoms. The van der Waals surface area contributed by atoms with E-state index in [1.165, 1.54) is 5.56 Å². The zero-order valence-electron chi connectivity index (χ0n) is 12.7. The van der Waals surface area contributed by atoms with Crippen LogP contribution in [0.5, 0.6) is 0 Å². The van der Waals surface area contributed by atoms with Crippen molar-refractivity contribution in [3.63, 3.8) is 0 Å². The van der Waals surface area contributed by atoms with Crippen LogP contribution in [0.4, 0.5) is 5.69 Å². The van der Waals surface area contributed by atoms with Crippen LogP contribution in [0.2, 0.25) is 0 Å². The second-order valence-corrected chi connectivity index (χ2v) is 6.45. The number of hydrogen-bond acceptors (Lipinski definition) is 3. The molecule has 0 amide bonds. The number of benzene rings is 2. The van der Waals surface area contributed by atoms with Gasteiger partial charge in [0.15, 0.2) is 0 Å². The molecule has 0 atom stereocenters. The van der Waals surface area contributed by atoms with Gasteiger partial charge in [0.25, 0.3) is 0 Å². The van der Waals surface area contributed by atoms with Crippen LogP contribution in [0.25, 0.3) is 0 Å². The van der Waals surface area contributed by atoms with Gasteiger partial charge in [-0.05, 0) is 24.0 Å². The predicted molar refractivity (Wildman–Crippen MR) is 90.9 cm³/mol. The van der Waals surface area contributed by atoms with Gasteiger partial charge in [-0.2, -0.15) is 5.26 Å². The average Bonchev–Trinajstić information content (AvgIpc) is 2.53. The first-order chi connectivity index (χ1) is 10.1. The highest BCUT2D eigenvalue weighted by Gasteiger charge is 2.20. The van der Waals surface area contributed by atoms with Gasteiger partial charge < -0.3 is 5.32 Å². The summed E-state index contributed by atoms with van der Waals surface area (Å²) >= 11 is 1.60. The molecular weight excluding hydrogens is 276 g/mol. The van der Waals surface area contributed by atoms with Crippen molar-refractivity contribution in [3.05, 3.63) is 59.7 Å². The maximum Gasteiger partial charge on any atom is 0.102 e. The number of nitrogens with one attached hydrogen (secondary N) is 1. The fourth-order valence-corrected chi connectivity index (χ4v) is 2.85. The summed E-state index contributed by atoms with van der Waals surface area (Å²) in [6.45, 7) is 5.20. The molecule has 0 bridgehead atoms. The largest absolute Gasteiger partial charge is 0.383 e. The molecule has 0 saturated heterocycles. The molecule has 2 aromatic carbocycles. The Hall–Kier alpha value is -1.92. The topological polar surface area (TPSA) is 35.8 Å². The molecular formula is C18H20N2S. The van der Waals surface area contributed by atoms with E-state index in [4.69, 9.17) is 0 Å². The number of hydrogen-bond donors (Lipinski definition) is 1. The Morgan fingerprint density at radius 2 is 1.81 bits per heavy atom. The summed E-state index contributed by atoms with van der Waals surface area (Å²) in [5.74, 6) is 0. The van der Waals surface area contributed by atoms with Crippen LogP contribution in [0.3, 0.4) is 0 Å². The quantitative estimate of drug-likeness (QED) is 0.814. The Kier molecular flexibility index (Phi) is 4.93. The Morgan fingerprint density at radius 1 is 1.10 bits per heavy atom. The van der Waals surface area contributed by atoms with Crippen LogP contribution in [0.15, 0.2) is 53.4 Å². The van der Waals surface area contributed by atoms with E-state index in [0.717, 1.165) is 22.7 Å². The van der Waals surface area contributed by atoms with Crippen molar-refractivity contribution in [2.45, 2.75) is 24.2 Å². The van der Waals surface area contributed by atoms with Crippen LogP contribution in [-0.2, 0) is 5.41 Å². The Labute approximate surface area is 131 Å². The highest BCUT2D eigenvalue weighted by atomic mass is 32.2. The maximum absolute atomic E-state index is 9.37. The molecule has 0 aliphatic rings. The van der Waals surface area contributed by atoms with Crippen molar-refractivity contribution in [2.75, 3.05) is 18.1 Å². The minimum atomic E-state index is 0.00332. The lowest BCUT2D eigenvalue weighted by molar-refractivity contribution is 0.557. The normalized spacial score (nSPS) is 11.0. The van der Waals surface area contributed by atoms with E-state index >= 15 is 0 Å². The number of anilines is 1. The lowest BCUT2D eigenvalue weighted by Gasteiger charge is -2.26. The molecule has 0 heterocycles. The van der Waals surface area contributed by atoms with Gasteiger partial charge in [-0.25, -0.2) is 0 Å². The second-order valence-electron chi connectivity index (χ2n) is 5.60. The van der Waals surface area contributed by atoms with Crippen LogP contribution < -0.4 is 5.32 Å². The fraction of sp³-hybridized carbons (Fsp3) is 0.278. The number of nitrogens with zero attached hydrogens (tertiary/aromatic N) is 1. The zero-order chi connectivity index (χ0) is 15.3. The molecule has 21 heavy (non-hydrogen) atoms. The van der Waals surface area contributed by atoms with Crippen LogP contribution >= 0.6 is 11.8 Å². The fourth-order valence-electron chi connectivity index (χ4n) is 2.27. The summed E-state index contributed by atoms with van der Waals surface area (Å²) in [7, 11) is 0. The summed E-state index contributed by atoms with van der Waals surface area (Å²) in [5, 5.41) is 12.8.